The van der Waals surface area contributed by atoms with Gasteiger partial charge in [-0.05, 0) is 40.3 Å². The third kappa shape index (κ3) is 4.63. The molecule has 0 heterocycles. The smallest absolute Gasteiger partial charge is 0.355 e. The zero-order chi connectivity index (χ0) is 18.4. The number of non-ortho nitro benzene ring substituents is 1. The van der Waals surface area contributed by atoms with E-state index >= 15 is 0 Å². The van der Waals surface area contributed by atoms with Crippen LogP contribution in [0.2, 0.25) is 0 Å². The molecule has 0 saturated heterocycles. The Hall–Kier alpha value is -2.75. The minimum absolute atomic E-state index is 0.00217. The number of nitrogens with one attached hydrogen (secondary N) is 1. The van der Waals surface area contributed by atoms with Crippen molar-refractivity contribution in [1.82, 2.24) is 5.32 Å². The van der Waals surface area contributed by atoms with Crippen molar-refractivity contribution in [1.29, 1.82) is 0 Å². The summed E-state index contributed by atoms with van der Waals surface area (Å²) in [6, 6.07) is 14.1. The van der Waals surface area contributed by atoms with Gasteiger partial charge in [-0.2, -0.15) is 0 Å². The second-order valence-corrected chi connectivity index (χ2v) is 5.88. The van der Waals surface area contributed by atoms with Gasteiger partial charge >= 0.3 is 5.97 Å². The van der Waals surface area contributed by atoms with Gasteiger partial charge in [0.2, 0.25) is 0 Å². The summed E-state index contributed by atoms with van der Waals surface area (Å²) in [7, 11) is 1.22. The number of methoxy groups -OCH3 is 1. The molecule has 0 saturated carbocycles. The number of hydrogen-bond donors (Lipinski definition) is 1. The Kier molecular flexibility index (Phi) is 6.23. The summed E-state index contributed by atoms with van der Waals surface area (Å²) in [5.41, 5.74) is 0.800. The normalized spacial score (nSPS) is 11.3. The first-order chi connectivity index (χ1) is 11.9. The van der Waals surface area contributed by atoms with Crippen LogP contribution in [-0.2, 0) is 9.53 Å². The zero-order valence-corrected chi connectivity index (χ0v) is 15.2. The van der Waals surface area contributed by atoms with Gasteiger partial charge in [0.1, 0.15) is 5.70 Å². The number of nitrogens with zero attached hydrogens (tertiary/aromatic N) is 1. The molecule has 2 rings (SSSR count). The van der Waals surface area contributed by atoms with Gasteiger partial charge in [-0.25, -0.2) is 4.79 Å². The number of benzene rings is 2. The predicted molar refractivity (Wildman–Crippen MR) is 100.0 cm³/mol. The van der Waals surface area contributed by atoms with Gasteiger partial charge in [0.25, 0.3) is 11.6 Å². The number of rotatable bonds is 5. The zero-order valence-electron chi connectivity index (χ0n) is 13.1. The van der Waals surface area contributed by atoms with Crippen molar-refractivity contribution in [3.8, 4) is 0 Å². The lowest BCUT2D eigenvalue weighted by atomic mass is 10.1. The lowest BCUT2D eigenvalue weighted by molar-refractivity contribution is -0.384. The fraction of sp³-hybridized carbons (Fsp3) is 0.0588. The molecule has 8 heteroatoms. The first kappa shape index (κ1) is 18.6. The number of nitro groups is 1. The van der Waals surface area contributed by atoms with Crippen molar-refractivity contribution in [3.63, 3.8) is 0 Å². The molecule has 0 unspecified atom stereocenters. The van der Waals surface area contributed by atoms with E-state index in [1.165, 1.54) is 31.4 Å². The average molecular weight is 452 g/mol. The Bertz CT molecular complexity index is 832. The summed E-state index contributed by atoms with van der Waals surface area (Å²) in [5.74, 6) is -1.26. The van der Waals surface area contributed by atoms with Crippen LogP contribution in [0.4, 0.5) is 5.69 Å². The summed E-state index contributed by atoms with van der Waals surface area (Å²) in [5, 5.41) is 13.2. The van der Waals surface area contributed by atoms with Gasteiger partial charge in [-0.15, -0.1) is 0 Å². The van der Waals surface area contributed by atoms with Crippen LogP contribution in [0.3, 0.4) is 0 Å². The Morgan fingerprint density at radius 3 is 2.16 bits per heavy atom. The third-order valence-corrected chi connectivity index (χ3v) is 4.38. The highest BCUT2D eigenvalue weighted by Gasteiger charge is 2.20. The standard InChI is InChI=1S/C17H13IN2O5/c1-25-17(22)15(14(18)11-5-3-2-4-6-11)19-16(21)12-7-9-13(10-8-12)20(23)24/h2-10H,1H3,(H,19,21)/b15-14-. The van der Waals surface area contributed by atoms with Crippen molar-refractivity contribution in [2.75, 3.05) is 7.11 Å². The molecule has 2 aromatic carbocycles. The third-order valence-electron chi connectivity index (χ3n) is 3.22. The number of nitro benzene ring substituents is 1. The summed E-state index contributed by atoms with van der Waals surface area (Å²) < 4.78 is 5.25. The van der Waals surface area contributed by atoms with Crippen LogP contribution in [0, 0.1) is 10.1 Å². The molecule has 0 radical (unpaired) electrons. The second kappa shape index (κ2) is 8.38. The number of esters is 1. The van der Waals surface area contributed by atoms with E-state index in [1.807, 2.05) is 28.7 Å². The highest BCUT2D eigenvalue weighted by molar-refractivity contribution is 14.1. The second-order valence-electron chi connectivity index (χ2n) is 4.80. The number of ether oxygens (including phenoxy) is 1. The molecule has 128 valence electrons. The van der Waals surface area contributed by atoms with E-state index in [-0.39, 0.29) is 16.9 Å². The van der Waals surface area contributed by atoms with Crippen molar-refractivity contribution >= 4 is 43.7 Å². The molecule has 25 heavy (non-hydrogen) atoms. The van der Waals surface area contributed by atoms with Gasteiger partial charge in [0.05, 0.1) is 15.6 Å². The minimum Gasteiger partial charge on any atom is -0.464 e. The highest BCUT2D eigenvalue weighted by Crippen LogP contribution is 2.25. The first-order valence-electron chi connectivity index (χ1n) is 7.03. The number of hydrogen-bond acceptors (Lipinski definition) is 5. The van der Waals surface area contributed by atoms with E-state index in [4.69, 9.17) is 4.74 Å². The number of carbonyl (C=O) groups is 2. The fourth-order valence-electron chi connectivity index (χ4n) is 1.95. The molecule has 0 fully saturated rings. The van der Waals surface area contributed by atoms with Crippen molar-refractivity contribution in [3.05, 3.63) is 81.5 Å². The molecule has 0 spiro atoms. The summed E-state index contributed by atoms with van der Waals surface area (Å²) in [6.07, 6.45) is 0. The molecule has 2 aromatic rings. The monoisotopic (exact) mass is 452 g/mol. The summed E-state index contributed by atoms with van der Waals surface area (Å²) in [6.45, 7) is 0. The van der Waals surface area contributed by atoms with Crippen molar-refractivity contribution < 1.29 is 19.2 Å². The lowest BCUT2D eigenvalue weighted by Crippen LogP contribution is -2.28. The van der Waals surface area contributed by atoms with Crippen LogP contribution in [0.25, 0.3) is 3.58 Å². The number of amides is 1. The molecule has 0 bridgehead atoms. The molecular formula is C17H13IN2O5. The van der Waals surface area contributed by atoms with Gasteiger partial charge in [-0.3, -0.25) is 14.9 Å². The van der Waals surface area contributed by atoms with E-state index < -0.39 is 16.8 Å². The van der Waals surface area contributed by atoms with Gasteiger partial charge in [-0.1, -0.05) is 30.3 Å². The highest BCUT2D eigenvalue weighted by atomic mass is 127. The predicted octanol–water partition coefficient (Wildman–Crippen LogP) is 3.30. The SMILES string of the molecule is COC(=O)/C(NC(=O)c1ccc([N+](=O)[O-])cc1)=C(/I)c1ccccc1. The van der Waals surface area contributed by atoms with E-state index in [9.17, 15) is 19.7 Å². The minimum atomic E-state index is -0.691. The van der Waals surface area contributed by atoms with Gasteiger partial charge in [0.15, 0.2) is 0 Å². The maximum Gasteiger partial charge on any atom is 0.355 e. The molecule has 0 aromatic heterocycles. The summed E-state index contributed by atoms with van der Waals surface area (Å²) >= 11 is 1.95. The van der Waals surface area contributed by atoms with Crippen molar-refractivity contribution in [2.45, 2.75) is 0 Å². The van der Waals surface area contributed by atoms with Crippen LogP contribution in [0.1, 0.15) is 15.9 Å². The van der Waals surface area contributed by atoms with E-state index in [1.54, 1.807) is 24.3 Å². The van der Waals surface area contributed by atoms with Crippen LogP contribution >= 0.6 is 22.6 Å². The topological polar surface area (TPSA) is 98.5 Å². The van der Waals surface area contributed by atoms with Crippen LogP contribution in [0.5, 0.6) is 0 Å². The van der Waals surface area contributed by atoms with E-state index in [2.05, 4.69) is 5.32 Å². The largest absolute Gasteiger partial charge is 0.464 e. The molecule has 7 nitrogen and oxygen atoms in total. The van der Waals surface area contributed by atoms with E-state index in [0.717, 1.165) is 5.56 Å². The lowest BCUT2D eigenvalue weighted by Gasteiger charge is -2.11. The molecule has 0 atom stereocenters. The Balaban J connectivity index is 2.32. The number of halogens is 1. The molecule has 0 aliphatic heterocycles. The van der Waals surface area contributed by atoms with Gasteiger partial charge < -0.3 is 10.1 Å². The van der Waals surface area contributed by atoms with Crippen molar-refractivity contribution in [2.24, 2.45) is 0 Å². The maximum atomic E-state index is 12.4. The van der Waals surface area contributed by atoms with E-state index in [0.29, 0.717) is 3.58 Å². The Morgan fingerprint density at radius 1 is 1.04 bits per heavy atom. The average Bonchev–Trinajstić information content (AvgIpc) is 2.65. The Labute approximate surface area is 157 Å². The quantitative estimate of drug-likeness (QED) is 0.247. The molecule has 0 aliphatic rings. The van der Waals surface area contributed by atoms with Crippen LogP contribution in [-0.4, -0.2) is 23.9 Å². The molecule has 1 N–H and O–H groups in total. The van der Waals surface area contributed by atoms with Crippen LogP contribution in [0.15, 0.2) is 60.3 Å². The molecule has 1 amide bonds. The number of carbonyl (C=O) groups excluding carboxylic acids is 2. The Morgan fingerprint density at radius 2 is 1.64 bits per heavy atom. The first-order valence-corrected chi connectivity index (χ1v) is 8.11. The van der Waals surface area contributed by atoms with Gasteiger partial charge in [0, 0.05) is 17.7 Å². The fourth-order valence-corrected chi connectivity index (χ4v) is 2.66. The molecular weight excluding hydrogens is 439 g/mol. The maximum absolute atomic E-state index is 12.4. The van der Waals surface area contributed by atoms with Crippen LogP contribution < -0.4 is 5.32 Å². The summed E-state index contributed by atoms with van der Waals surface area (Å²) in [4.78, 5) is 34.5. The molecule has 0 aliphatic carbocycles.